The molecule has 12 heteroatoms. The number of rotatable bonds is 5. The van der Waals surface area contributed by atoms with Crippen LogP contribution in [0, 0.1) is 23.6 Å². The van der Waals surface area contributed by atoms with E-state index in [9.17, 15) is 23.9 Å². The van der Waals surface area contributed by atoms with E-state index in [0.29, 0.717) is 76.5 Å². The molecule has 0 bridgehead atoms. The molecule has 1 N–H and O–H groups in total. The number of carbonyl (C=O) groups excluding carboxylic acids is 3. The second-order valence-corrected chi connectivity index (χ2v) is 13.9. The number of nitrogens with zero attached hydrogens (tertiary/aromatic N) is 4. The van der Waals surface area contributed by atoms with Gasteiger partial charge in [0.25, 0.3) is 0 Å². The third-order valence-corrected chi connectivity index (χ3v) is 9.95. The average Bonchev–Trinajstić information content (AvgIpc) is 3.03. The van der Waals surface area contributed by atoms with Gasteiger partial charge in [-0.05, 0) is 68.1 Å². The van der Waals surface area contributed by atoms with Crippen molar-refractivity contribution in [2.45, 2.75) is 58.3 Å². The smallest absolute Gasteiger partial charge is 0.410 e. The van der Waals surface area contributed by atoms with Crippen molar-refractivity contribution in [2.24, 2.45) is 17.8 Å². The van der Waals surface area contributed by atoms with E-state index in [1.54, 1.807) is 4.90 Å². The maximum Gasteiger partial charge on any atom is 0.410 e. The van der Waals surface area contributed by atoms with Crippen molar-refractivity contribution < 1.29 is 38.1 Å². The number of amides is 2. The minimum atomic E-state index is -0.888. The summed E-state index contributed by atoms with van der Waals surface area (Å²) in [4.78, 5) is 46.5. The molecule has 264 valence electrons. The van der Waals surface area contributed by atoms with Crippen LogP contribution in [0.2, 0.25) is 0 Å². The summed E-state index contributed by atoms with van der Waals surface area (Å²) in [6.07, 6.45) is 3.94. The largest absolute Gasteiger partial charge is 0.457 e. The van der Waals surface area contributed by atoms with E-state index in [4.69, 9.17) is 14.2 Å². The number of piperazine rings is 2. The van der Waals surface area contributed by atoms with Crippen molar-refractivity contribution in [1.29, 1.82) is 0 Å². The average molecular weight is 671 g/mol. The van der Waals surface area contributed by atoms with Crippen LogP contribution in [0.5, 0.6) is 0 Å². The van der Waals surface area contributed by atoms with Gasteiger partial charge in [-0.1, -0.05) is 26.0 Å². The number of carbonyl (C=O) groups is 3. The molecule has 0 unspecified atom stereocenters. The molecule has 11 nitrogen and oxygen atoms in total. The summed E-state index contributed by atoms with van der Waals surface area (Å²) in [5, 5.41) is 10.7. The molecule has 2 amide bonds. The van der Waals surface area contributed by atoms with Crippen LogP contribution in [0.15, 0.2) is 35.9 Å². The molecule has 3 fully saturated rings. The molecule has 0 saturated carbocycles. The summed E-state index contributed by atoms with van der Waals surface area (Å²) in [6, 6.07) is 4.85. The molecule has 0 spiro atoms. The Balaban J connectivity index is 1.31. The predicted octanol–water partition coefficient (Wildman–Crippen LogP) is 3.56. The molecular formula is C36H51FN4O7. The van der Waals surface area contributed by atoms with Crippen LogP contribution < -0.4 is 4.90 Å². The number of ether oxygens (including phenoxy) is 3. The molecule has 3 saturated heterocycles. The number of esters is 1. The Kier molecular flexibility index (Phi) is 12.1. The lowest BCUT2D eigenvalue weighted by atomic mass is 9.91. The van der Waals surface area contributed by atoms with Crippen molar-refractivity contribution >= 4 is 29.7 Å². The predicted molar refractivity (Wildman–Crippen MR) is 180 cm³/mol. The highest BCUT2D eigenvalue weighted by Crippen LogP contribution is 2.28. The van der Waals surface area contributed by atoms with E-state index in [1.165, 1.54) is 12.1 Å². The summed E-state index contributed by atoms with van der Waals surface area (Å²) in [5.74, 6) is -1.21. The SMILES string of the molecule is C/C(=C\c1cc(F)cc(N2CCN(C(=O)C3COC3)CC2)c1)[C@H]1OC(=O)C[C@H](O)CC[C@H](C)[C@@H](OC(=O)N2CCN(C)CC2)/C=C\[C@@H]1C. The van der Waals surface area contributed by atoms with Gasteiger partial charge in [0.05, 0.1) is 31.7 Å². The normalized spacial score (nSPS) is 29.3. The molecular weight excluding hydrogens is 619 g/mol. The van der Waals surface area contributed by atoms with Crippen LogP contribution in [0.4, 0.5) is 14.9 Å². The molecule has 48 heavy (non-hydrogen) atoms. The number of aliphatic hydroxyl groups is 1. The molecule has 4 heterocycles. The van der Waals surface area contributed by atoms with Gasteiger partial charge in [-0.3, -0.25) is 9.59 Å². The number of hydrogen-bond acceptors (Lipinski definition) is 9. The van der Waals surface area contributed by atoms with E-state index >= 15 is 0 Å². The maximum absolute atomic E-state index is 15.0. The van der Waals surface area contributed by atoms with Crippen LogP contribution >= 0.6 is 0 Å². The van der Waals surface area contributed by atoms with Crippen LogP contribution in [-0.4, -0.2) is 129 Å². The topological polar surface area (TPSA) is 112 Å². The number of likely N-dealkylation sites (N-methyl/N-ethyl adjacent to an activating group) is 1. The Morgan fingerprint density at radius 3 is 2.31 bits per heavy atom. The number of hydrogen-bond donors (Lipinski definition) is 1. The highest BCUT2D eigenvalue weighted by Gasteiger charge is 2.33. The fourth-order valence-corrected chi connectivity index (χ4v) is 6.66. The molecule has 1 aromatic rings. The Morgan fingerprint density at radius 1 is 0.958 bits per heavy atom. The summed E-state index contributed by atoms with van der Waals surface area (Å²) in [6.45, 7) is 11.8. The van der Waals surface area contributed by atoms with Gasteiger partial charge < -0.3 is 38.9 Å². The van der Waals surface area contributed by atoms with Crippen molar-refractivity contribution in [1.82, 2.24) is 14.7 Å². The zero-order chi connectivity index (χ0) is 34.4. The minimum absolute atomic E-state index is 0.0535. The zero-order valence-corrected chi connectivity index (χ0v) is 28.7. The fourth-order valence-electron chi connectivity index (χ4n) is 6.66. The molecule has 0 aromatic heterocycles. The lowest BCUT2D eigenvalue weighted by Crippen LogP contribution is -2.53. The summed E-state index contributed by atoms with van der Waals surface area (Å²) < 4.78 is 32.1. The molecule has 5 rings (SSSR count). The van der Waals surface area contributed by atoms with E-state index in [2.05, 4.69) is 9.80 Å². The first-order valence-corrected chi connectivity index (χ1v) is 17.3. The standard InChI is InChI=1S/C36H51FN4O7/c1-24-5-7-31(42)21-33(43)48-34(25(2)6-8-32(24)47-36(45)41-11-9-38(4)10-12-41)26(3)17-27-18-29(37)20-30(19-27)39-13-15-40(16-14-39)35(44)28-22-46-23-28/h6,8,17-20,24-25,28,31-32,34,42H,5,7,9-16,21-23H2,1-4H3/b8-6-,26-17+/t24-,25-,31+,32-,34-/m0/s1. The lowest BCUT2D eigenvalue weighted by Gasteiger charge is -2.39. The van der Waals surface area contributed by atoms with Gasteiger partial charge in [0.15, 0.2) is 0 Å². The van der Waals surface area contributed by atoms with E-state index < -0.39 is 24.3 Å². The lowest BCUT2D eigenvalue weighted by molar-refractivity contribution is -0.151. The van der Waals surface area contributed by atoms with Crippen LogP contribution in [0.1, 0.15) is 45.6 Å². The first-order chi connectivity index (χ1) is 23.0. The van der Waals surface area contributed by atoms with Gasteiger partial charge in [0.2, 0.25) is 5.91 Å². The minimum Gasteiger partial charge on any atom is -0.457 e. The quantitative estimate of drug-likeness (QED) is 0.372. The molecule has 0 radical (unpaired) electrons. The third-order valence-electron chi connectivity index (χ3n) is 9.95. The Labute approximate surface area is 283 Å². The van der Waals surface area contributed by atoms with Gasteiger partial charge in [-0.15, -0.1) is 0 Å². The van der Waals surface area contributed by atoms with Crippen molar-refractivity contribution in [3.05, 3.63) is 47.3 Å². The van der Waals surface area contributed by atoms with Gasteiger partial charge >= 0.3 is 12.1 Å². The highest BCUT2D eigenvalue weighted by molar-refractivity contribution is 5.80. The number of benzene rings is 1. The second kappa shape index (κ2) is 16.3. The molecule has 4 aliphatic heterocycles. The Bertz CT molecular complexity index is 1350. The first kappa shape index (κ1) is 35.8. The highest BCUT2D eigenvalue weighted by atomic mass is 19.1. The molecule has 4 aliphatic rings. The van der Waals surface area contributed by atoms with Crippen molar-refractivity contribution in [3.63, 3.8) is 0 Å². The Hall–Kier alpha value is -3.48. The van der Waals surface area contributed by atoms with Crippen molar-refractivity contribution in [3.8, 4) is 0 Å². The number of anilines is 1. The fraction of sp³-hybridized carbons (Fsp3) is 0.639. The second-order valence-electron chi connectivity index (χ2n) is 13.9. The monoisotopic (exact) mass is 670 g/mol. The van der Waals surface area contributed by atoms with Gasteiger partial charge in [-0.25, -0.2) is 9.18 Å². The maximum atomic E-state index is 15.0. The number of aliphatic hydroxyl groups excluding tert-OH is 1. The zero-order valence-electron chi connectivity index (χ0n) is 28.7. The molecule has 5 atom stereocenters. The molecule has 1 aromatic carbocycles. The molecule has 0 aliphatic carbocycles. The number of cyclic esters (lactones) is 1. The Morgan fingerprint density at radius 2 is 1.65 bits per heavy atom. The van der Waals surface area contributed by atoms with Crippen LogP contribution in [0.25, 0.3) is 6.08 Å². The third kappa shape index (κ3) is 9.35. The van der Waals surface area contributed by atoms with Gasteiger partial charge in [0.1, 0.15) is 18.0 Å². The van der Waals surface area contributed by atoms with Crippen LogP contribution in [-0.2, 0) is 23.8 Å². The van der Waals surface area contributed by atoms with E-state index in [1.807, 2.05) is 57.0 Å². The first-order valence-electron chi connectivity index (χ1n) is 17.3. The number of halogens is 1. The van der Waals surface area contributed by atoms with E-state index in [0.717, 1.165) is 18.8 Å². The summed E-state index contributed by atoms with van der Waals surface area (Å²) in [7, 11) is 2.03. The summed E-state index contributed by atoms with van der Waals surface area (Å²) in [5.41, 5.74) is 2.05. The van der Waals surface area contributed by atoms with Gasteiger partial charge in [-0.2, -0.15) is 0 Å². The van der Waals surface area contributed by atoms with Crippen molar-refractivity contribution in [2.75, 3.05) is 77.5 Å². The van der Waals surface area contributed by atoms with Crippen LogP contribution in [0.3, 0.4) is 0 Å². The summed E-state index contributed by atoms with van der Waals surface area (Å²) >= 11 is 0. The van der Waals surface area contributed by atoms with Gasteiger partial charge in [0, 0.05) is 64.0 Å². The van der Waals surface area contributed by atoms with E-state index in [-0.39, 0.29) is 42.0 Å².